The first-order valence-corrected chi connectivity index (χ1v) is 10.1. The van der Waals surface area contributed by atoms with Crippen LogP contribution < -0.4 is 4.90 Å². The second kappa shape index (κ2) is 7.68. The average Bonchev–Trinajstić information content (AvgIpc) is 2.67. The van der Waals surface area contributed by atoms with E-state index in [2.05, 4.69) is 0 Å². The van der Waals surface area contributed by atoms with E-state index in [0.717, 1.165) is 15.1 Å². The number of likely N-dealkylation sites (N-methyl/N-ethyl adjacent to an activating group) is 2. The maximum atomic E-state index is 12.6. The van der Waals surface area contributed by atoms with E-state index in [1.54, 1.807) is 7.05 Å². The van der Waals surface area contributed by atoms with E-state index in [-0.39, 0.29) is 17.3 Å². The smallest absolute Gasteiger partial charge is 0.243 e. The Labute approximate surface area is 163 Å². The zero-order valence-electron chi connectivity index (χ0n) is 15.0. The Morgan fingerprint density at radius 2 is 1.56 bits per heavy atom. The van der Waals surface area contributed by atoms with Gasteiger partial charge in [-0.2, -0.15) is 4.31 Å². The van der Waals surface area contributed by atoms with Gasteiger partial charge < -0.3 is 4.90 Å². The molecular formula is C20H19ClN2O3S. The molecule has 0 spiro atoms. The Kier molecular flexibility index (Phi) is 5.51. The lowest BCUT2D eigenvalue weighted by Crippen LogP contribution is -2.39. The van der Waals surface area contributed by atoms with Gasteiger partial charge in [-0.1, -0.05) is 41.9 Å². The van der Waals surface area contributed by atoms with Crippen LogP contribution >= 0.6 is 11.6 Å². The van der Waals surface area contributed by atoms with Gasteiger partial charge in [0, 0.05) is 24.8 Å². The average molecular weight is 403 g/mol. The van der Waals surface area contributed by atoms with E-state index in [9.17, 15) is 13.2 Å². The van der Waals surface area contributed by atoms with Crippen molar-refractivity contribution in [1.82, 2.24) is 4.31 Å². The molecule has 0 saturated heterocycles. The van der Waals surface area contributed by atoms with Crippen LogP contribution in [0.5, 0.6) is 0 Å². The molecule has 0 unspecified atom stereocenters. The van der Waals surface area contributed by atoms with Crippen molar-refractivity contribution in [3.8, 4) is 0 Å². The largest absolute Gasteiger partial charge is 0.314 e. The number of benzene rings is 3. The van der Waals surface area contributed by atoms with Gasteiger partial charge >= 0.3 is 0 Å². The minimum Gasteiger partial charge on any atom is -0.314 e. The molecule has 0 aromatic heterocycles. The number of anilines is 1. The highest BCUT2D eigenvalue weighted by Crippen LogP contribution is 2.22. The van der Waals surface area contributed by atoms with Crippen LogP contribution in [0.3, 0.4) is 0 Å². The lowest BCUT2D eigenvalue weighted by molar-refractivity contribution is -0.118. The number of halogens is 1. The monoisotopic (exact) mass is 402 g/mol. The molecule has 0 atom stereocenters. The van der Waals surface area contributed by atoms with Crippen LogP contribution in [0.1, 0.15) is 0 Å². The van der Waals surface area contributed by atoms with Crippen molar-refractivity contribution < 1.29 is 13.2 Å². The number of carbonyl (C=O) groups excluding carboxylic acids is 1. The normalized spacial score (nSPS) is 11.7. The van der Waals surface area contributed by atoms with E-state index in [4.69, 9.17) is 11.6 Å². The minimum atomic E-state index is -3.77. The van der Waals surface area contributed by atoms with E-state index in [0.29, 0.717) is 10.7 Å². The van der Waals surface area contributed by atoms with Gasteiger partial charge in [-0.25, -0.2) is 8.42 Å². The van der Waals surface area contributed by atoms with Gasteiger partial charge in [0.05, 0.1) is 11.4 Å². The van der Waals surface area contributed by atoms with Gasteiger partial charge in [-0.3, -0.25) is 4.79 Å². The van der Waals surface area contributed by atoms with Crippen molar-refractivity contribution in [2.75, 3.05) is 25.5 Å². The van der Waals surface area contributed by atoms with Crippen molar-refractivity contribution in [3.63, 3.8) is 0 Å². The van der Waals surface area contributed by atoms with Gasteiger partial charge in [0.15, 0.2) is 0 Å². The highest BCUT2D eigenvalue weighted by Gasteiger charge is 2.24. The third-order valence-corrected chi connectivity index (χ3v) is 6.44. The molecule has 3 rings (SSSR count). The number of fused-ring (bicyclic) bond motifs is 1. The van der Waals surface area contributed by atoms with E-state index >= 15 is 0 Å². The SMILES string of the molecule is CN(C(=O)CN(C)S(=O)(=O)c1ccc(Cl)cc1)c1ccc2ccccc2c1. The molecule has 0 bridgehead atoms. The summed E-state index contributed by atoms with van der Waals surface area (Å²) in [4.78, 5) is 14.2. The molecule has 0 aliphatic rings. The highest BCUT2D eigenvalue weighted by molar-refractivity contribution is 7.89. The van der Waals surface area contributed by atoms with E-state index in [1.165, 1.54) is 36.2 Å². The number of hydrogen-bond acceptors (Lipinski definition) is 3. The van der Waals surface area contributed by atoms with Gasteiger partial charge in [0.2, 0.25) is 15.9 Å². The summed E-state index contributed by atoms with van der Waals surface area (Å²) in [5.41, 5.74) is 0.705. The lowest BCUT2D eigenvalue weighted by atomic mass is 10.1. The summed E-state index contributed by atoms with van der Waals surface area (Å²) >= 11 is 5.81. The molecule has 3 aromatic rings. The zero-order valence-corrected chi connectivity index (χ0v) is 16.5. The van der Waals surface area contributed by atoms with Crippen molar-refractivity contribution in [1.29, 1.82) is 0 Å². The highest BCUT2D eigenvalue weighted by atomic mass is 35.5. The van der Waals surface area contributed by atoms with Gasteiger partial charge in [-0.05, 0) is 47.2 Å². The molecule has 1 amide bonds. The third-order valence-electron chi connectivity index (χ3n) is 4.37. The van der Waals surface area contributed by atoms with Gasteiger partial charge in [-0.15, -0.1) is 0 Å². The minimum absolute atomic E-state index is 0.0931. The fourth-order valence-corrected chi connectivity index (χ4v) is 3.94. The van der Waals surface area contributed by atoms with Gasteiger partial charge in [0.1, 0.15) is 0 Å². The van der Waals surface area contributed by atoms with Crippen LogP contribution in [0.2, 0.25) is 5.02 Å². The molecule has 0 fully saturated rings. The number of nitrogens with zero attached hydrogens (tertiary/aromatic N) is 2. The van der Waals surface area contributed by atoms with Crippen LogP contribution in [0.15, 0.2) is 71.6 Å². The Morgan fingerprint density at radius 3 is 2.22 bits per heavy atom. The number of sulfonamides is 1. The standard InChI is InChI=1S/C20H19ClN2O3S/c1-22(27(25,26)19-11-8-17(21)9-12-19)14-20(24)23(2)18-10-7-15-5-3-4-6-16(15)13-18/h3-13H,14H2,1-2H3. The molecule has 0 aliphatic carbocycles. The Morgan fingerprint density at radius 1 is 0.926 bits per heavy atom. The molecule has 0 aliphatic heterocycles. The molecular weight excluding hydrogens is 384 g/mol. The van der Waals surface area contributed by atoms with E-state index in [1.807, 2.05) is 42.5 Å². The first-order valence-electron chi connectivity index (χ1n) is 8.26. The summed E-state index contributed by atoms with van der Waals surface area (Å²) in [7, 11) is -0.755. The summed E-state index contributed by atoms with van der Waals surface area (Å²) in [6.45, 7) is -0.270. The van der Waals surface area contributed by atoms with Crippen LogP contribution in [-0.2, 0) is 14.8 Å². The van der Waals surface area contributed by atoms with Crippen molar-refractivity contribution in [3.05, 3.63) is 71.8 Å². The molecule has 0 radical (unpaired) electrons. The van der Waals surface area contributed by atoms with Crippen LogP contribution in [-0.4, -0.2) is 39.3 Å². The first-order chi connectivity index (χ1) is 12.8. The number of hydrogen-bond donors (Lipinski definition) is 0. The summed E-state index contributed by atoms with van der Waals surface area (Å²) in [6.07, 6.45) is 0. The fourth-order valence-electron chi connectivity index (χ4n) is 2.70. The predicted molar refractivity (Wildman–Crippen MR) is 109 cm³/mol. The molecule has 27 heavy (non-hydrogen) atoms. The maximum Gasteiger partial charge on any atom is 0.243 e. The molecule has 0 heterocycles. The third kappa shape index (κ3) is 4.13. The fraction of sp³-hybridized carbons (Fsp3) is 0.150. The maximum absolute atomic E-state index is 12.6. The molecule has 3 aromatic carbocycles. The van der Waals surface area contributed by atoms with Crippen LogP contribution in [0, 0.1) is 0 Å². The summed E-state index contributed by atoms with van der Waals surface area (Å²) in [5.74, 6) is -0.328. The Bertz CT molecular complexity index is 1080. The lowest BCUT2D eigenvalue weighted by Gasteiger charge is -2.22. The zero-order chi connectivity index (χ0) is 19.6. The second-order valence-electron chi connectivity index (χ2n) is 6.20. The molecule has 0 saturated carbocycles. The topological polar surface area (TPSA) is 57.7 Å². The summed E-state index contributed by atoms with van der Waals surface area (Å²) in [6, 6.07) is 19.4. The van der Waals surface area contributed by atoms with Crippen LogP contribution in [0.4, 0.5) is 5.69 Å². The number of carbonyl (C=O) groups is 1. The number of rotatable bonds is 5. The predicted octanol–water partition coefficient (Wildman–Crippen LogP) is 3.78. The summed E-state index contributed by atoms with van der Waals surface area (Å²) < 4.78 is 26.3. The first kappa shape index (κ1) is 19.4. The molecule has 7 heteroatoms. The second-order valence-corrected chi connectivity index (χ2v) is 8.68. The number of amides is 1. The van der Waals surface area contributed by atoms with E-state index < -0.39 is 10.0 Å². The van der Waals surface area contributed by atoms with Crippen molar-refractivity contribution >= 4 is 44.0 Å². The summed E-state index contributed by atoms with van der Waals surface area (Å²) in [5, 5.41) is 2.53. The molecule has 140 valence electrons. The van der Waals surface area contributed by atoms with Crippen LogP contribution in [0.25, 0.3) is 10.8 Å². The van der Waals surface area contributed by atoms with Crippen molar-refractivity contribution in [2.45, 2.75) is 4.90 Å². The Hall–Kier alpha value is -2.41. The van der Waals surface area contributed by atoms with Gasteiger partial charge in [0.25, 0.3) is 0 Å². The van der Waals surface area contributed by atoms with Crippen molar-refractivity contribution in [2.24, 2.45) is 0 Å². The Balaban J connectivity index is 1.77. The molecule has 5 nitrogen and oxygen atoms in total. The quantitative estimate of drug-likeness (QED) is 0.652. The molecule has 0 N–H and O–H groups in total.